The van der Waals surface area contributed by atoms with Gasteiger partial charge in [0.25, 0.3) is 0 Å². The van der Waals surface area contributed by atoms with Gasteiger partial charge in [0.05, 0.1) is 24.3 Å². The van der Waals surface area contributed by atoms with E-state index in [1.165, 1.54) is 0 Å². The molecular formula is C10H12ClNO2. The van der Waals surface area contributed by atoms with Crippen LogP contribution in [0.4, 0.5) is 0 Å². The smallest absolute Gasteiger partial charge is 0.139 e. The van der Waals surface area contributed by atoms with Gasteiger partial charge in [-0.05, 0) is 6.07 Å². The normalized spacial score (nSPS) is 22.2. The van der Waals surface area contributed by atoms with Crippen LogP contribution in [0.25, 0.3) is 0 Å². The maximum atomic E-state index is 9.72. The number of phenols is 1. The van der Waals surface area contributed by atoms with Crippen molar-refractivity contribution in [1.29, 1.82) is 0 Å². The number of nitrogens with one attached hydrogen (secondary N) is 1. The lowest BCUT2D eigenvalue weighted by Gasteiger charge is -2.24. The number of aromatic hydroxyl groups is 1. The van der Waals surface area contributed by atoms with Gasteiger partial charge in [-0.2, -0.15) is 0 Å². The van der Waals surface area contributed by atoms with Gasteiger partial charge in [0.15, 0.2) is 0 Å². The van der Waals surface area contributed by atoms with Crippen LogP contribution < -0.4 is 5.32 Å². The Morgan fingerprint density at radius 1 is 1.50 bits per heavy atom. The number of hydrogen-bond donors (Lipinski definition) is 2. The van der Waals surface area contributed by atoms with Crippen LogP contribution in [0.3, 0.4) is 0 Å². The average molecular weight is 214 g/mol. The molecule has 1 aliphatic rings. The third-order valence-electron chi connectivity index (χ3n) is 2.32. The molecule has 76 valence electrons. The van der Waals surface area contributed by atoms with E-state index < -0.39 is 0 Å². The predicted molar refractivity (Wildman–Crippen MR) is 54.7 cm³/mol. The number of para-hydroxylation sites is 1. The number of rotatable bonds is 1. The van der Waals surface area contributed by atoms with Gasteiger partial charge < -0.3 is 15.2 Å². The highest BCUT2D eigenvalue weighted by Crippen LogP contribution is 2.31. The van der Waals surface area contributed by atoms with Gasteiger partial charge in [0.1, 0.15) is 5.75 Å². The second kappa shape index (κ2) is 4.17. The summed E-state index contributed by atoms with van der Waals surface area (Å²) in [5.41, 5.74) is 0.803. The first-order chi connectivity index (χ1) is 6.79. The van der Waals surface area contributed by atoms with E-state index in [0.717, 1.165) is 18.7 Å². The SMILES string of the molecule is Oc1c(Cl)cccc1[C@@H]1COCCN1. The maximum absolute atomic E-state index is 9.72. The van der Waals surface area contributed by atoms with E-state index >= 15 is 0 Å². The summed E-state index contributed by atoms with van der Waals surface area (Å²) in [4.78, 5) is 0. The van der Waals surface area contributed by atoms with Gasteiger partial charge in [-0.1, -0.05) is 23.7 Å². The minimum Gasteiger partial charge on any atom is -0.506 e. The summed E-state index contributed by atoms with van der Waals surface area (Å²) < 4.78 is 5.31. The van der Waals surface area contributed by atoms with Crippen LogP contribution in [0.1, 0.15) is 11.6 Å². The number of hydrogen-bond acceptors (Lipinski definition) is 3. The third kappa shape index (κ3) is 1.85. The molecule has 14 heavy (non-hydrogen) atoms. The Kier molecular flexibility index (Phi) is 2.91. The fourth-order valence-corrected chi connectivity index (χ4v) is 1.76. The molecule has 1 aromatic rings. The molecule has 0 radical (unpaired) electrons. The summed E-state index contributed by atoms with van der Waals surface area (Å²) in [7, 11) is 0. The molecule has 0 bridgehead atoms. The first-order valence-corrected chi connectivity index (χ1v) is 4.95. The molecule has 0 saturated carbocycles. The van der Waals surface area contributed by atoms with Crippen LogP contribution in [0.5, 0.6) is 5.75 Å². The van der Waals surface area contributed by atoms with E-state index in [2.05, 4.69) is 5.32 Å². The highest BCUT2D eigenvalue weighted by atomic mass is 35.5. The largest absolute Gasteiger partial charge is 0.506 e. The Morgan fingerprint density at radius 3 is 3.07 bits per heavy atom. The highest BCUT2D eigenvalue weighted by Gasteiger charge is 2.19. The van der Waals surface area contributed by atoms with Gasteiger partial charge >= 0.3 is 0 Å². The Morgan fingerprint density at radius 2 is 2.36 bits per heavy atom. The lowest BCUT2D eigenvalue weighted by atomic mass is 10.1. The third-order valence-corrected chi connectivity index (χ3v) is 2.62. The zero-order chi connectivity index (χ0) is 9.97. The summed E-state index contributed by atoms with van der Waals surface area (Å²) >= 11 is 5.81. The molecular weight excluding hydrogens is 202 g/mol. The zero-order valence-corrected chi connectivity index (χ0v) is 8.42. The van der Waals surface area contributed by atoms with E-state index in [-0.39, 0.29) is 11.8 Å². The van der Waals surface area contributed by atoms with Gasteiger partial charge in [0.2, 0.25) is 0 Å². The molecule has 1 saturated heterocycles. The average Bonchev–Trinajstić information content (AvgIpc) is 2.23. The van der Waals surface area contributed by atoms with Crippen LogP contribution in [0.15, 0.2) is 18.2 Å². The second-order valence-corrected chi connectivity index (χ2v) is 3.67. The van der Waals surface area contributed by atoms with Crippen molar-refractivity contribution < 1.29 is 9.84 Å². The lowest BCUT2D eigenvalue weighted by molar-refractivity contribution is 0.0761. The van der Waals surface area contributed by atoms with E-state index in [4.69, 9.17) is 16.3 Å². The Balaban J connectivity index is 2.26. The lowest BCUT2D eigenvalue weighted by Crippen LogP contribution is -2.34. The topological polar surface area (TPSA) is 41.5 Å². The molecule has 1 aliphatic heterocycles. The standard InChI is InChI=1S/C10H12ClNO2/c11-8-3-1-2-7(10(8)13)9-6-14-5-4-12-9/h1-3,9,12-13H,4-6H2/t9-/m0/s1. The highest BCUT2D eigenvalue weighted by molar-refractivity contribution is 6.32. The summed E-state index contributed by atoms with van der Waals surface area (Å²) in [6.45, 7) is 2.10. The number of phenolic OH excluding ortho intramolecular Hbond substituents is 1. The van der Waals surface area contributed by atoms with Crippen molar-refractivity contribution >= 4 is 11.6 Å². The molecule has 0 unspecified atom stereocenters. The van der Waals surface area contributed by atoms with E-state index in [9.17, 15) is 5.11 Å². The molecule has 0 aromatic heterocycles. The number of morpholine rings is 1. The molecule has 4 heteroatoms. The van der Waals surface area contributed by atoms with Crippen molar-refractivity contribution in [3.8, 4) is 5.75 Å². The second-order valence-electron chi connectivity index (χ2n) is 3.26. The molecule has 3 nitrogen and oxygen atoms in total. The molecule has 0 aliphatic carbocycles. The van der Waals surface area contributed by atoms with Gasteiger partial charge in [-0.15, -0.1) is 0 Å². The fourth-order valence-electron chi connectivity index (χ4n) is 1.58. The van der Waals surface area contributed by atoms with Crippen LogP contribution >= 0.6 is 11.6 Å². The number of ether oxygens (including phenoxy) is 1. The summed E-state index contributed by atoms with van der Waals surface area (Å²) in [5, 5.41) is 13.4. The van der Waals surface area contributed by atoms with Crippen molar-refractivity contribution in [3.63, 3.8) is 0 Å². The van der Waals surface area contributed by atoms with Crippen molar-refractivity contribution in [2.24, 2.45) is 0 Å². The zero-order valence-electron chi connectivity index (χ0n) is 7.66. The van der Waals surface area contributed by atoms with Gasteiger partial charge in [-0.25, -0.2) is 0 Å². The van der Waals surface area contributed by atoms with Crippen LogP contribution in [0, 0.1) is 0 Å². The minimum absolute atomic E-state index is 0.0439. The van der Waals surface area contributed by atoms with Crippen molar-refractivity contribution in [1.82, 2.24) is 5.32 Å². The first kappa shape index (κ1) is 9.77. The monoisotopic (exact) mass is 213 g/mol. The molecule has 2 rings (SSSR count). The number of benzene rings is 1. The molecule has 1 aromatic carbocycles. The molecule has 1 fully saturated rings. The first-order valence-electron chi connectivity index (χ1n) is 4.57. The summed E-state index contributed by atoms with van der Waals surface area (Å²) in [5.74, 6) is 0.150. The van der Waals surface area contributed by atoms with Gasteiger partial charge in [-0.3, -0.25) is 0 Å². The molecule has 1 heterocycles. The van der Waals surface area contributed by atoms with Gasteiger partial charge in [0, 0.05) is 12.1 Å². The molecule has 0 amide bonds. The van der Waals surface area contributed by atoms with E-state index in [1.54, 1.807) is 6.07 Å². The molecule has 1 atom stereocenters. The Hall–Kier alpha value is -0.770. The number of halogens is 1. The maximum Gasteiger partial charge on any atom is 0.139 e. The Labute approximate surface area is 87.6 Å². The van der Waals surface area contributed by atoms with Crippen LogP contribution in [-0.4, -0.2) is 24.9 Å². The summed E-state index contributed by atoms with van der Waals surface area (Å²) in [6.07, 6.45) is 0. The summed E-state index contributed by atoms with van der Waals surface area (Å²) in [6, 6.07) is 5.40. The van der Waals surface area contributed by atoms with Crippen LogP contribution in [0.2, 0.25) is 5.02 Å². The molecule has 0 spiro atoms. The Bertz CT molecular complexity index is 324. The van der Waals surface area contributed by atoms with Crippen molar-refractivity contribution in [3.05, 3.63) is 28.8 Å². The van der Waals surface area contributed by atoms with Crippen LogP contribution in [-0.2, 0) is 4.74 Å². The predicted octanol–water partition coefficient (Wildman–Crippen LogP) is 1.71. The van der Waals surface area contributed by atoms with Crippen molar-refractivity contribution in [2.45, 2.75) is 6.04 Å². The quantitative estimate of drug-likeness (QED) is 0.746. The van der Waals surface area contributed by atoms with Crippen molar-refractivity contribution in [2.75, 3.05) is 19.8 Å². The van der Waals surface area contributed by atoms with E-state index in [1.807, 2.05) is 12.1 Å². The van der Waals surface area contributed by atoms with E-state index in [0.29, 0.717) is 11.6 Å². The minimum atomic E-state index is 0.0439. The molecule has 2 N–H and O–H groups in total. The fraction of sp³-hybridized carbons (Fsp3) is 0.400.